The Morgan fingerprint density at radius 2 is 2.11 bits per heavy atom. The zero-order valence-corrected chi connectivity index (χ0v) is 11.7. The van der Waals surface area contributed by atoms with Gasteiger partial charge in [-0.2, -0.15) is 0 Å². The Labute approximate surface area is 110 Å². The molecule has 3 heteroatoms. The first-order valence-electron chi connectivity index (χ1n) is 7.50. The Morgan fingerprint density at radius 3 is 2.89 bits per heavy atom. The minimum Gasteiger partial charge on any atom is -0.374 e. The lowest BCUT2D eigenvalue weighted by atomic mass is 9.65. The quantitative estimate of drug-likeness (QED) is 0.662. The van der Waals surface area contributed by atoms with Crippen molar-refractivity contribution >= 4 is 5.78 Å². The molecule has 2 saturated heterocycles. The van der Waals surface area contributed by atoms with E-state index < -0.39 is 0 Å². The van der Waals surface area contributed by atoms with E-state index in [0.29, 0.717) is 43.2 Å². The highest BCUT2D eigenvalue weighted by molar-refractivity contribution is 5.80. The summed E-state index contributed by atoms with van der Waals surface area (Å²) in [7, 11) is 2.26. The number of Topliss-reactive ketones (excluding diaryl/α,β-unsaturated/α-hetero) is 1. The highest BCUT2D eigenvalue weighted by Crippen LogP contribution is 2.48. The predicted molar refractivity (Wildman–Crippen MR) is 70.5 cm³/mol. The lowest BCUT2D eigenvalue weighted by molar-refractivity contribution is -0.185. The molecule has 102 valence electrons. The minimum absolute atomic E-state index is 0.119. The third-order valence-electron chi connectivity index (χ3n) is 5.53. The molecule has 0 aromatic heterocycles. The van der Waals surface area contributed by atoms with Gasteiger partial charge in [-0.1, -0.05) is 12.8 Å². The van der Waals surface area contributed by atoms with E-state index >= 15 is 0 Å². The van der Waals surface area contributed by atoms with Crippen LogP contribution in [-0.2, 0) is 9.53 Å². The molecule has 18 heavy (non-hydrogen) atoms. The Morgan fingerprint density at radius 1 is 1.33 bits per heavy atom. The first-order chi connectivity index (χ1) is 8.62. The van der Waals surface area contributed by atoms with Crippen LogP contribution in [0.2, 0.25) is 0 Å². The highest BCUT2D eigenvalue weighted by atomic mass is 16.5. The van der Waals surface area contributed by atoms with Gasteiger partial charge in [0, 0.05) is 30.8 Å². The zero-order valence-electron chi connectivity index (χ0n) is 11.7. The van der Waals surface area contributed by atoms with Gasteiger partial charge in [0.05, 0.1) is 12.2 Å². The van der Waals surface area contributed by atoms with Crippen LogP contribution >= 0.6 is 0 Å². The number of ether oxygens (including phenoxy) is 1. The van der Waals surface area contributed by atoms with Crippen LogP contribution < -0.4 is 0 Å². The maximum Gasteiger partial charge on any atom is 0.138 e. The molecule has 0 N–H and O–H groups in total. The Balaban J connectivity index is 1.90. The number of carbonyl (C=O) groups is 1. The second kappa shape index (κ2) is 4.61. The fourth-order valence-electron chi connectivity index (χ4n) is 4.55. The number of nitrogens with zero attached hydrogens (tertiary/aromatic N) is 1. The normalized spacial score (nSPS) is 46.1. The van der Waals surface area contributed by atoms with Crippen molar-refractivity contribution in [2.45, 2.75) is 69.6 Å². The Bertz CT molecular complexity index is 343. The average molecular weight is 251 g/mol. The third-order valence-corrected chi connectivity index (χ3v) is 5.53. The molecule has 3 rings (SSSR count). The van der Waals surface area contributed by atoms with E-state index in [1.54, 1.807) is 0 Å². The molecule has 3 nitrogen and oxygen atoms in total. The number of ketones is 1. The van der Waals surface area contributed by atoms with Crippen LogP contribution in [0.4, 0.5) is 0 Å². The monoisotopic (exact) mass is 251 g/mol. The van der Waals surface area contributed by atoms with E-state index in [1.807, 2.05) is 0 Å². The first kappa shape index (κ1) is 12.6. The van der Waals surface area contributed by atoms with Gasteiger partial charge in [-0.3, -0.25) is 4.79 Å². The van der Waals surface area contributed by atoms with Gasteiger partial charge in [-0.15, -0.1) is 0 Å². The molecule has 1 spiro atoms. The maximum absolute atomic E-state index is 11.9. The molecule has 1 saturated carbocycles. The van der Waals surface area contributed by atoms with Gasteiger partial charge in [-0.05, 0) is 33.2 Å². The van der Waals surface area contributed by atoms with E-state index in [4.69, 9.17) is 4.74 Å². The molecule has 0 aromatic rings. The number of hydrogen-bond acceptors (Lipinski definition) is 3. The van der Waals surface area contributed by atoms with Gasteiger partial charge in [0.2, 0.25) is 0 Å². The number of hydrogen-bond donors (Lipinski definition) is 0. The van der Waals surface area contributed by atoms with Crippen molar-refractivity contribution in [3.8, 4) is 0 Å². The van der Waals surface area contributed by atoms with Crippen LogP contribution in [0.15, 0.2) is 0 Å². The maximum atomic E-state index is 11.9. The van der Waals surface area contributed by atoms with E-state index in [2.05, 4.69) is 18.9 Å². The largest absolute Gasteiger partial charge is 0.374 e. The van der Waals surface area contributed by atoms with E-state index in [-0.39, 0.29) is 5.60 Å². The average Bonchev–Trinajstić information content (AvgIpc) is 2.36. The number of rotatable bonds is 0. The van der Waals surface area contributed by atoms with Gasteiger partial charge >= 0.3 is 0 Å². The molecular weight excluding hydrogens is 226 g/mol. The molecule has 2 heterocycles. The van der Waals surface area contributed by atoms with Crippen LogP contribution in [-0.4, -0.2) is 42.0 Å². The number of carbonyl (C=O) groups excluding carboxylic acids is 1. The SMILES string of the molecule is C[C@@H]1C[C@]2(CC(=O)CCO2)[C@H]2CCCC[C@@H]2N1C. The number of piperidine rings is 1. The van der Waals surface area contributed by atoms with Gasteiger partial charge < -0.3 is 9.64 Å². The van der Waals surface area contributed by atoms with Crippen LogP contribution in [0.3, 0.4) is 0 Å². The molecule has 0 radical (unpaired) electrons. The van der Waals surface area contributed by atoms with Crippen molar-refractivity contribution in [2.24, 2.45) is 5.92 Å². The molecular formula is C15H25NO2. The van der Waals surface area contributed by atoms with Gasteiger partial charge in [0.25, 0.3) is 0 Å². The standard InChI is InChI=1S/C15H25NO2/c1-11-9-15(10-12(17)7-8-18-15)13-5-3-4-6-14(13)16(11)2/h11,13-14H,3-10H2,1-2H3/t11-,13+,14+,15+/m1/s1. The van der Waals surface area contributed by atoms with Crippen LogP contribution in [0.25, 0.3) is 0 Å². The zero-order chi connectivity index (χ0) is 12.8. The summed E-state index contributed by atoms with van der Waals surface area (Å²) in [4.78, 5) is 14.4. The molecule has 1 aliphatic carbocycles. The van der Waals surface area contributed by atoms with Crippen molar-refractivity contribution in [2.75, 3.05) is 13.7 Å². The summed E-state index contributed by atoms with van der Waals surface area (Å²) in [5, 5.41) is 0. The molecule has 3 aliphatic rings. The molecule has 4 atom stereocenters. The number of fused-ring (bicyclic) bond motifs is 2. The molecule has 0 aromatic carbocycles. The smallest absolute Gasteiger partial charge is 0.138 e. The molecule has 0 amide bonds. The minimum atomic E-state index is -0.119. The second-order valence-corrected chi connectivity index (χ2v) is 6.56. The lowest BCUT2D eigenvalue weighted by Gasteiger charge is -2.57. The Hall–Kier alpha value is -0.410. The molecule has 0 bridgehead atoms. The van der Waals surface area contributed by atoms with Crippen molar-refractivity contribution in [1.29, 1.82) is 0 Å². The van der Waals surface area contributed by atoms with Crippen LogP contribution in [0.5, 0.6) is 0 Å². The van der Waals surface area contributed by atoms with Gasteiger partial charge in [-0.25, -0.2) is 0 Å². The molecule has 3 fully saturated rings. The number of likely N-dealkylation sites (tertiary alicyclic amines) is 1. The predicted octanol–water partition coefficient (Wildman–Crippen LogP) is 2.39. The summed E-state index contributed by atoms with van der Waals surface area (Å²) in [6.07, 6.45) is 7.51. The van der Waals surface area contributed by atoms with Crippen molar-refractivity contribution in [3.05, 3.63) is 0 Å². The summed E-state index contributed by atoms with van der Waals surface area (Å²) in [5.41, 5.74) is -0.119. The van der Waals surface area contributed by atoms with E-state index in [1.165, 1.54) is 25.7 Å². The van der Waals surface area contributed by atoms with Gasteiger partial charge in [0.15, 0.2) is 0 Å². The van der Waals surface area contributed by atoms with Crippen molar-refractivity contribution in [3.63, 3.8) is 0 Å². The summed E-state index contributed by atoms with van der Waals surface area (Å²) >= 11 is 0. The van der Waals surface area contributed by atoms with Crippen molar-refractivity contribution < 1.29 is 9.53 Å². The van der Waals surface area contributed by atoms with Gasteiger partial charge in [0.1, 0.15) is 5.78 Å². The first-order valence-corrected chi connectivity index (χ1v) is 7.50. The van der Waals surface area contributed by atoms with Crippen molar-refractivity contribution in [1.82, 2.24) is 4.90 Å². The van der Waals surface area contributed by atoms with E-state index in [0.717, 1.165) is 6.42 Å². The summed E-state index contributed by atoms with van der Waals surface area (Å²) in [6, 6.07) is 1.17. The third kappa shape index (κ3) is 1.92. The summed E-state index contributed by atoms with van der Waals surface area (Å²) in [6.45, 7) is 2.94. The van der Waals surface area contributed by atoms with E-state index in [9.17, 15) is 4.79 Å². The second-order valence-electron chi connectivity index (χ2n) is 6.56. The van der Waals surface area contributed by atoms with Crippen LogP contribution in [0, 0.1) is 5.92 Å². The summed E-state index contributed by atoms with van der Waals surface area (Å²) in [5.74, 6) is 0.999. The topological polar surface area (TPSA) is 29.5 Å². The fourth-order valence-corrected chi connectivity index (χ4v) is 4.55. The Kier molecular flexibility index (Phi) is 3.23. The molecule has 2 aliphatic heterocycles. The molecule has 0 unspecified atom stereocenters. The highest BCUT2D eigenvalue weighted by Gasteiger charge is 2.53. The fraction of sp³-hybridized carbons (Fsp3) is 0.933. The summed E-state index contributed by atoms with van der Waals surface area (Å²) < 4.78 is 6.22. The van der Waals surface area contributed by atoms with Crippen LogP contribution in [0.1, 0.15) is 51.9 Å². The lowest BCUT2D eigenvalue weighted by Crippen LogP contribution is -2.63.